The van der Waals surface area contributed by atoms with Crippen molar-refractivity contribution >= 4 is 17.6 Å². The Kier molecular flexibility index (Phi) is 12.4. The molecule has 0 aliphatic rings. The van der Waals surface area contributed by atoms with E-state index >= 15 is 0 Å². The second kappa shape index (κ2) is 19.3. The number of halogens is 1. The molecular formula is C21H35ClO3. The van der Waals surface area contributed by atoms with Crippen LogP contribution in [0.3, 0.4) is 0 Å². The van der Waals surface area contributed by atoms with Crippen LogP contribution in [0.15, 0.2) is 36.5 Å². The lowest BCUT2D eigenvalue weighted by molar-refractivity contribution is -0.146. The first-order valence-electron chi connectivity index (χ1n) is 11.5. The smallest absolute Gasteiger partial charge is 0.305 e. The molecule has 0 aromatic rings. The molecule has 0 aliphatic heterocycles. The van der Waals surface area contributed by atoms with Crippen molar-refractivity contribution in [3.8, 4) is 0 Å². The standard InChI is InChI=1S/C21H35ClO3/c1-2-3-4-5-6-7-8-9-10-11-12-13-14-15-16-17-21(24)25-19-20(23)18-22/h3-4,6-7,9-10,20,23H,2,5,8,11-19H2,1H3/b4-3-,7-6-,10-9-/i18D2,19D2,20D. The van der Waals surface area contributed by atoms with Gasteiger partial charge in [-0.25, -0.2) is 0 Å². The Morgan fingerprint density at radius 1 is 1.08 bits per heavy atom. The second-order valence-electron chi connectivity index (χ2n) is 5.62. The van der Waals surface area contributed by atoms with E-state index in [1.165, 1.54) is 0 Å². The minimum atomic E-state index is -3.42. The number of allylic oxidation sites excluding steroid dienone is 6. The summed E-state index contributed by atoms with van der Waals surface area (Å²) < 4.78 is 41.0. The van der Waals surface area contributed by atoms with Gasteiger partial charge in [-0.3, -0.25) is 4.79 Å². The van der Waals surface area contributed by atoms with Crippen molar-refractivity contribution in [3.63, 3.8) is 0 Å². The van der Waals surface area contributed by atoms with E-state index in [0.29, 0.717) is 6.42 Å². The molecule has 0 spiro atoms. The highest BCUT2D eigenvalue weighted by Gasteiger charge is 2.07. The molecule has 0 saturated carbocycles. The van der Waals surface area contributed by atoms with E-state index in [1.54, 1.807) is 0 Å². The van der Waals surface area contributed by atoms with Crippen LogP contribution in [0.4, 0.5) is 0 Å². The molecule has 1 N–H and O–H groups in total. The van der Waals surface area contributed by atoms with Crippen LogP contribution >= 0.6 is 11.6 Å². The lowest BCUT2D eigenvalue weighted by Crippen LogP contribution is -2.19. The van der Waals surface area contributed by atoms with Crippen molar-refractivity contribution in [2.45, 2.75) is 77.2 Å². The Hall–Kier alpha value is -1.06. The van der Waals surface area contributed by atoms with Crippen LogP contribution in [0.25, 0.3) is 0 Å². The first-order chi connectivity index (χ1) is 14.0. The zero-order valence-corrected chi connectivity index (χ0v) is 15.9. The van der Waals surface area contributed by atoms with Crippen molar-refractivity contribution in [2.75, 3.05) is 12.4 Å². The maximum Gasteiger partial charge on any atom is 0.305 e. The monoisotopic (exact) mass is 375 g/mol. The van der Waals surface area contributed by atoms with E-state index in [1.807, 2.05) is 0 Å². The van der Waals surface area contributed by atoms with Crippen molar-refractivity contribution in [1.29, 1.82) is 0 Å². The fourth-order valence-electron chi connectivity index (χ4n) is 2.06. The van der Waals surface area contributed by atoms with Gasteiger partial charge in [0.25, 0.3) is 0 Å². The quantitative estimate of drug-likeness (QED) is 0.162. The molecule has 0 saturated heterocycles. The van der Waals surface area contributed by atoms with Gasteiger partial charge in [-0.15, -0.1) is 11.6 Å². The molecule has 0 bridgehead atoms. The van der Waals surface area contributed by atoms with Crippen LogP contribution < -0.4 is 0 Å². The largest absolute Gasteiger partial charge is 0.463 e. The van der Waals surface area contributed by atoms with Crippen LogP contribution in [0.1, 0.15) is 78.0 Å². The number of unbranched alkanes of at least 4 members (excludes halogenated alkanes) is 5. The van der Waals surface area contributed by atoms with Crippen molar-refractivity contribution in [3.05, 3.63) is 36.5 Å². The molecule has 144 valence electrons. The van der Waals surface area contributed by atoms with Crippen LogP contribution in [0.5, 0.6) is 0 Å². The SMILES string of the molecule is [2H]C([2H])(Cl)C([2H])(O)C([2H])([2H])OC(=O)CCCCCCC/C=C\C/C=C\C/C=C\CC. The molecule has 0 radical (unpaired) electrons. The van der Waals surface area contributed by atoms with Gasteiger partial charge in [0, 0.05) is 9.16 Å². The number of hydrogen-bond donors (Lipinski definition) is 1. The van der Waals surface area contributed by atoms with E-state index in [9.17, 15) is 9.90 Å². The Balaban J connectivity index is 3.83. The third-order valence-electron chi connectivity index (χ3n) is 3.38. The third-order valence-corrected chi connectivity index (χ3v) is 3.56. The maximum absolute atomic E-state index is 11.7. The molecule has 0 heterocycles. The number of esters is 1. The lowest BCUT2D eigenvalue weighted by Gasteiger charge is -2.07. The van der Waals surface area contributed by atoms with Gasteiger partial charge < -0.3 is 9.84 Å². The molecule has 0 fully saturated rings. The molecule has 0 rings (SSSR count). The number of alkyl halides is 1. The van der Waals surface area contributed by atoms with E-state index in [4.69, 9.17) is 18.5 Å². The number of hydrogen-bond acceptors (Lipinski definition) is 3. The number of aliphatic hydroxyl groups is 1. The molecule has 25 heavy (non-hydrogen) atoms. The maximum atomic E-state index is 11.7. The Bertz CT molecular complexity index is 569. The van der Waals surface area contributed by atoms with E-state index in [0.717, 1.165) is 51.4 Å². The summed E-state index contributed by atoms with van der Waals surface area (Å²) >= 11 is 5.19. The first kappa shape index (κ1) is 16.1. The van der Waals surface area contributed by atoms with E-state index in [-0.39, 0.29) is 6.42 Å². The lowest BCUT2D eigenvalue weighted by atomic mass is 10.1. The van der Waals surface area contributed by atoms with Crippen molar-refractivity contribution in [2.24, 2.45) is 0 Å². The van der Waals surface area contributed by atoms with Crippen molar-refractivity contribution < 1.29 is 21.5 Å². The summed E-state index contributed by atoms with van der Waals surface area (Å²) in [6, 6.07) is 0. The van der Waals surface area contributed by atoms with Crippen molar-refractivity contribution in [1.82, 2.24) is 0 Å². The van der Waals surface area contributed by atoms with Crippen LogP contribution in [0.2, 0.25) is 0 Å². The van der Waals surface area contributed by atoms with Crippen LogP contribution in [0, 0.1) is 0 Å². The van der Waals surface area contributed by atoms with E-state index in [2.05, 4.69) is 48.1 Å². The minimum Gasteiger partial charge on any atom is -0.463 e. The minimum absolute atomic E-state index is 0.0689. The summed E-state index contributed by atoms with van der Waals surface area (Å²) in [4.78, 5) is 11.7. The summed E-state index contributed by atoms with van der Waals surface area (Å²) in [6.45, 7) is -1.14. The predicted octanol–water partition coefficient (Wildman–Crippen LogP) is 5.72. The van der Waals surface area contributed by atoms with Gasteiger partial charge in [0.1, 0.15) is 12.6 Å². The van der Waals surface area contributed by atoms with Crippen LogP contribution in [-0.4, -0.2) is 29.5 Å². The van der Waals surface area contributed by atoms with Gasteiger partial charge in [0.2, 0.25) is 0 Å². The van der Waals surface area contributed by atoms with Gasteiger partial charge in [0.15, 0.2) is 0 Å². The molecule has 3 nitrogen and oxygen atoms in total. The fraction of sp³-hybridized carbons (Fsp3) is 0.667. The number of carbonyl (C=O) groups excluding carboxylic acids is 1. The summed E-state index contributed by atoms with van der Waals surface area (Å²) in [5.74, 6) is -4.05. The molecule has 1 unspecified atom stereocenters. The van der Waals surface area contributed by atoms with Crippen LogP contribution in [-0.2, 0) is 9.53 Å². The van der Waals surface area contributed by atoms with Gasteiger partial charge >= 0.3 is 5.97 Å². The zero-order chi connectivity index (χ0) is 23.1. The normalized spacial score (nSPS) is 18.6. The highest BCUT2D eigenvalue weighted by molar-refractivity contribution is 6.18. The van der Waals surface area contributed by atoms with Gasteiger partial charge in [0.05, 0.1) is 9.94 Å². The highest BCUT2D eigenvalue weighted by atomic mass is 35.5. The fourth-order valence-corrected chi connectivity index (χ4v) is 2.10. The number of rotatable bonds is 16. The molecular weight excluding hydrogens is 336 g/mol. The Morgan fingerprint density at radius 2 is 1.68 bits per heavy atom. The molecule has 1 atom stereocenters. The van der Waals surface area contributed by atoms with Gasteiger partial charge in [-0.1, -0.05) is 62.6 Å². The average molecular weight is 376 g/mol. The Morgan fingerprint density at radius 3 is 2.36 bits per heavy atom. The predicted molar refractivity (Wildman–Crippen MR) is 107 cm³/mol. The molecule has 0 aliphatic carbocycles. The highest BCUT2D eigenvalue weighted by Crippen LogP contribution is 2.08. The molecule has 0 amide bonds. The third kappa shape index (κ3) is 19.1. The van der Waals surface area contributed by atoms with Gasteiger partial charge in [-0.05, 0) is 38.5 Å². The zero-order valence-electron chi connectivity index (χ0n) is 20.2. The van der Waals surface area contributed by atoms with Gasteiger partial charge in [-0.2, -0.15) is 0 Å². The number of carbonyl (C=O) groups is 1. The topological polar surface area (TPSA) is 46.5 Å². The number of ether oxygens (including phenoxy) is 1. The molecule has 4 heteroatoms. The molecule has 0 aromatic carbocycles. The summed E-state index contributed by atoms with van der Waals surface area (Å²) in [5.41, 5.74) is 0. The molecule has 0 aromatic heterocycles. The summed E-state index contributed by atoms with van der Waals surface area (Å²) in [7, 11) is 0. The second-order valence-corrected chi connectivity index (χ2v) is 5.81. The Labute approximate surface area is 165 Å². The summed E-state index contributed by atoms with van der Waals surface area (Å²) in [6.07, 6.45) is 17.7. The van der Waals surface area contributed by atoms with E-state index < -0.39 is 24.4 Å². The average Bonchev–Trinajstić information content (AvgIpc) is 2.63. The summed E-state index contributed by atoms with van der Waals surface area (Å²) in [5, 5.41) is 9.63. The first-order valence-corrected chi connectivity index (χ1v) is 9.41.